The number of hydrogen-bond donors (Lipinski definition) is 1. The van der Waals surface area contributed by atoms with E-state index in [0.29, 0.717) is 0 Å². The first-order valence-corrected chi connectivity index (χ1v) is 11.3. The number of para-hydroxylation sites is 2. The second-order valence-corrected chi connectivity index (χ2v) is 8.76. The second-order valence-electron chi connectivity index (χ2n) is 8.76. The normalized spacial score (nSPS) is 13.7. The quantitative estimate of drug-likeness (QED) is 0.277. The fourth-order valence-corrected chi connectivity index (χ4v) is 5.11. The highest BCUT2D eigenvalue weighted by molar-refractivity contribution is 6.14. The van der Waals surface area contributed by atoms with E-state index in [4.69, 9.17) is 8.53 Å². The minimum absolute atomic E-state index is 0.235. The lowest BCUT2D eigenvalue weighted by molar-refractivity contribution is 0.669. The van der Waals surface area contributed by atoms with E-state index in [1.807, 2.05) is 30.3 Å². The molecule has 6 aromatic rings. The maximum Gasteiger partial charge on any atom is 0.143 e. The van der Waals surface area contributed by atoms with Crippen molar-refractivity contribution >= 4 is 33.3 Å². The summed E-state index contributed by atoms with van der Waals surface area (Å²) in [5.41, 5.74) is 11.1. The summed E-state index contributed by atoms with van der Waals surface area (Å²) in [5, 5.41) is 5.82. The minimum Gasteiger partial charge on any atom is -0.455 e. The van der Waals surface area contributed by atoms with Crippen LogP contribution in [0.2, 0.25) is 0 Å². The van der Waals surface area contributed by atoms with Crippen LogP contribution in [0.5, 0.6) is 0 Å². The highest BCUT2D eigenvalue weighted by Crippen LogP contribution is 2.48. The molecular weight excluding hydrogens is 416 g/mol. The third kappa shape index (κ3) is 2.74. The van der Waals surface area contributed by atoms with Crippen LogP contribution in [0.15, 0.2) is 95.5 Å². The molecule has 2 aromatic heterocycles. The largest absolute Gasteiger partial charge is 0.455 e. The molecule has 0 amide bonds. The van der Waals surface area contributed by atoms with Gasteiger partial charge in [-0.1, -0.05) is 48.5 Å². The molecule has 0 radical (unpaired) electrons. The molecule has 2 bridgehead atoms. The zero-order valence-corrected chi connectivity index (χ0v) is 18.5. The number of aryl methyl sites for hydroxylation is 1. The first kappa shape index (κ1) is 16.3. The van der Waals surface area contributed by atoms with Crippen molar-refractivity contribution in [2.75, 3.05) is 5.32 Å². The lowest BCUT2D eigenvalue weighted by atomic mass is 9.86. The van der Waals surface area contributed by atoms with Crippen molar-refractivity contribution in [3.63, 3.8) is 0 Å². The van der Waals surface area contributed by atoms with E-state index < -0.39 is 6.85 Å². The second kappa shape index (κ2) is 7.06. The molecule has 0 aliphatic carbocycles. The first-order chi connectivity index (χ1) is 17.9. The third-order valence-electron chi connectivity index (χ3n) is 6.76. The summed E-state index contributed by atoms with van der Waals surface area (Å²) in [4.78, 5) is 4.48. The molecule has 0 spiro atoms. The van der Waals surface area contributed by atoms with Crippen LogP contribution < -0.4 is 5.32 Å². The van der Waals surface area contributed by atoms with E-state index in [0.717, 1.165) is 72.4 Å². The van der Waals surface area contributed by atoms with E-state index in [-0.39, 0.29) is 5.56 Å². The van der Waals surface area contributed by atoms with Gasteiger partial charge in [0.2, 0.25) is 0 Å². The van der Waals surface area contributed by atoms with E-state index in [1.54, 1.807) is 12.1 Å². The van der Waals surface area contributed by atoms with Crippen molar-refractivity contribution in [2.24, 2.45) is 0 Å². The van der Waals surface area contributed by atoms with Crippen LogP contribution in [0.4, 0.5) is 11.4 Å². The van der Waals surface area contributed by atoms with Crippen LogP contribution >= 0.6 is 0 Å². The number of rotatable bonds is 1. The van der Waals surface area contributed by atoms with Crippen molar-refractivity contribution in [2.45, 2.75) is 13.8 Å². The van der Waals surface area contributed by atoms with Gasteiger partial charge in [0.05, 0.1) is 5.69 Å². The Morgan fingerprint density at radius 2 is 1.65 bits per heavy atom. The maximum atomic E-state index is 7.64. The molecular formula is C31H22N2O. The standard InChI is InChI=1S/C31H22N2O/c1-18-11-13-26(32-17-18)20-12-14-28-24(15-20)23-16-25-21-7-4-6-10-29(21)34-31(25)30(19(23)2)22-8-3-5-9-27(22)33-28/h3-17,33H,1-2H3/i1D3. The number of nitrogens with zero attached hydrogens (tertiary/aromatic N) is 1. The Hall–Kier alpha value is -4.37. The van der Waals surface area contributed by atoms with E-state index >= 15 is 0 Å². The SMILES string of the molecule is [2H]C([2H])([2H])c1ccc(-c2ccc3c(c2)-c2cc4c(oc5ccccc54)c(c2C)-c2ccccc2N3)nc1. The summed E-state index contributed by atoms with van der Waals surface area (Å²) >= 11 is 0. The van der Waals surface area contributed by atoms with Crippen molar-refractivity contribution < 1.29 is 8.53 Å². The van der Waals surface area contributed by atoms with E-state index in [2.05, 4.69) is 59.7 Å². The fraction of sp³-hybridized carbons (Fsp3) is 0.0645. The monoisotopic (exact) mass is 441 g/mol. The van der Waals surface area contributed by atoms with Gasteiger partial charge < -0.3 is 9.73 Å². The van der Waals surface area contributed by atoms with Gasteiger partial charge in [-0.3, -0.25) is 4.98 Å². The number of fused-ring (bicyclic) bond motifs is 10. The van der Waals surface area contributed by atoms with E-state index in [9.17, 15) is 0 Å². The Labute approximate surface area is 201 Å². The molecule has 0 fully saturated rings. The molecule has 0 atom stereocenters. The molecule has 1 N–H and O–H groups in total. The molecule has 3 heterocycles. The Morgan fingerprint density at radius 3 is 2.53 bits per heavy atom. The number of furan rings is 1. The van der Waals surface area contributed by atoms with Crippen molar-refractivity contribution in [1.82, 2.24) is 4.98 Å². The van der Waals surface area contributed by atoms with Crippen LogP contribution in [0.3, 0.4) is 0 Å². The molecule has 7 rings (SSSR count). The number of anilines is 2. The molecule has 0 unspecified atom stereocenters. The van der Waals surface area contributed by atoms with Crippen molar-refractivity contribution in [3.8, 4) is 33.5 Å². The zero-order chi connectivity index (χ0) is 25.3. The van der Waals surface area contributed by atoms with Crippen molar-refractivity contribution in [3.05, 3.63) is 102 Å². The summed E-state index contributed by atoms with van der Waals surface area (Å²) in [5.74, 6) is 0. The third-order valence-corrected chi connectivity index (χ3v) is 6.76. The highest BCUT2D eigenvalue weighted by atomic mass is 16.3. The van der Waals surface area contributed by atoms with Gasteiger partial charge in [-0.05, 0) is 66.9 Å². The lowest BCUT2D eigenvalue weighted by Gasteiger charge is -2.23. The fourth-order valence-electron chi connectivity index (χ4n) is 5.11. The van der Waals surface area contributed by atoms with Gasteiger partial charge in [0.1, 0.15) is 11.2 Å². The Kier molecular flexibility index (Phi) is 3.38. The Bertz CT molecular complexity index is 1850. The van der Waals surface area contributed by atoms with Gasteiger partial charge in [-0.2, -0.15) is 0 Å². The molecule has 162 valence electrons. The summed E-state index contributed by atoms with van der Waals surface area (Å²) in [7, 11) is 0. The molecule has 0 saturated carbocycles. The summed E-state index contributed by atoms with van der Waals surface area (Å²) in [6.07, 6.45) is 1.45. The average molecular weight is 442 g/mol. The van der Waals surface area contributed by atoms with Gasteiger partial charge in [0.15, 0.2) is 0 Å². The van der Waals surface area contributed by atoms with Gasteiger partial charge in [-0.15, -0.1) is 0 Å². The zero-order valence-electron chi connectivity index (χ0n) is 21.5. The van der Waals surface area contributed by atoms with Crippen LogP contribution in [-0.2, 0) is 0 Å². The summed E-state index contributed by atoms with van der Waals surface area (Å²) in [6, 6.07) is 28.3. The lowest BCUT2D eigenvalue weighted by Crippen LogP contribution is -2.02. The molecule has 3 nitrogen and oxygen atoms in total. The number of pyridine rings is 1. The summed E-state index contributed by atoms with van der Waals surface area (Å²) in [6.45, 7) is -0.0234. The molecule has 0 saturated heterocycles. The van der Waals surface area contributed by atoms with Crippen LogP contribution in [-0.4, -0.2) is 4.98 Å². The topological polar surface area (TPSA) is 38.1 Å². The van der Waals surface area contributed by atoms with Gasteiger partial charge >= 0.3 is 0 Å². The first-order valence-electron chi connectivity index (χ1n) is 12.8. The smallest absolute Gasteiger partial charge is 0.143 e. The number of nitrogens with one attached hydrogen (secondary N) is 1. The molecule has 3 heteroatoms. The van der Waals surface area contributed by atoms with Crippen LogP contribution in [0.25, 0.3) is 55.4 Å². The molecule has 34 heavy (non-hydrogen) atoms. The number of benzene rings is 4. The summed E-state index contributed by atoms with van der Waals surface area (Å²) < 4.78 is 29.4. The molecule has 4 aromatic carbocycles. The van der Waals surface area contributed by atoms with Crippen LogP contribution in [0.1, 0.15) is 15.2 Å². The average Bonchev–Trinajstić information content (AvgIpc) is 3.27. The molecule has 1 aliphatic heterocycles. The van der Waals surface area contributed by atoms with Gasteiger partial charge in [-0.25, -0.2) is 0 Å². The predicted octanol–water partition coefficient (Wildman–Crippen LogP) is 8.66. The number of hydrogen-bond acceptors (Lipinski definition) is 3. The predicted molar refractivity (Wildman–Crippen MR) is 141 cm³/mol. The van der Waals surface area contributed by atoms with Crippen molar-refractivity contribution in [1.29, 1.82) is 0 Å². The Morgan fingerprint density at radius 1 is 0.794 bits per heavy atom. The number of aromatic nitrogens is 1. The maximum absolute atomic E-state index is 7.64. The highest BCUT2D eigenvalue weighted by Gasteiger charge is 2.24. The van der Waals surface area contributed by atoms with Crippen LogP contribution in [0, 0.1) is 13.8 Å². The van der Waals surface area contributed by atoms with E-state index in [1.165, 1.54) is 6.20 Å². The van der Waals surface area contributed by atoms with Gasteiger partial charge in [0.25, 0.3) is 0 Å². The minimum atomic E-state index is -2.18. The Balaban J connectivity index is 1.52. The van der Waals surface area contributed by atoms with Gasteiger partial charge in [0, 0.05) is 54.7 Å². The molecule has 1 aliphatic rings.